The smallest absolute Gasteiger partial charge is 0.363 e. The van der Waals surface area contributed by atoms with Gasteiger partial charge in [0.2, 0.25) is 5.90 Å². The number of carbonyl (C=O) groups is 1. The molecule has 1 aliphatic heterocycles. The number of hydrogen-bond acceptors (Lipinski definition) is 5. The maximum Gasteiger partial charge on any atom is 0.363 e. The Hall–Kier alpha value is -3.31. The maximum absolute atomic E-state index is 12.2. The van der Waals surface area contributed by atoms with Crippen LogP contribution in [0.25, 0.3) is 6.08 Å². The molecule has 0 aromatic heterocycles. The molecule has 0 spiro atoms. The number of carbonyl (C=O) groups excluding carboxylic acids is 1. The van der Waals surface area contributed by atoms with Crippen molar-refractivity contribution >= 4 is 29.5 Å². The Labute approximate surface area is 168 Å². The molecule has 6 heteroatoms. The van der Waals surface area contributed by atoms with Crippen LogP contribution in [0, 0.1) is 0 Å². The number of benzene rings is 2. The van der Waals surface area contributed by atoms with E-state index in [4.69, 9.17) is 25.8 Å². The second kappa shape index (κ2) is 9.06. The lowest BCUT2D eigenvalue weighted by Crippen LogP contribution is -2.05. The van der Waals surface area contributed by atoms with Crippen molar-refractivity contribution in [1.82, 2.24) is 0 Å². The van der Waals surface area contributed by atoms with Gasteiger partial charge in [-0.1, -0.05) is 43.0 Å². The Kier molecular flexibility index (Phi) is 6.29. The van der Waals surface area contributed by atoms with Crippen LogP contribution in [0.15, 0.2) is 78.5 Å². The molecule has 0 amide bonds. The summed E-state index contributed by atoms with van der Waals surface area (Å²) in [5.41, 5.74) is 1.58. The van der Waals surface area contributed by atoms with E-state index in [9.17, 15) is 4.79 Å². The zero-order chi connectivity index (χ0) is 19.9. The summed E-state index contributed by atoms with van der Waals surface area (Å²) in [5, 5.41) is 0.593. The number of aliphatic imine (C=N–C) groups is 1. The molecule has 0 atom stereocenters. The van der Waals surface area contributed by atoms with Crippen LogP contribution in [0.3, 0.4) is 0 Å². The minimum absolute atomic E-state index is 0.194. The zero-order valence-electron chi connectivity index (χ0n) is 15.1. The highest BCUT2D eigenvalue weighted by molar-refractivity contribution is 6.30. The van der Waals surface area contributed by atoms with Crippen LogP contribution in [0.4, 0.5) is 0 Å². The highest BCUT2D eigenvalue weighted by atomic mass is 35.5. The Bertz CT molecular complexity index is 961. The standard InChI is InChI=1S/C22H18ClNO4/c1-3-11-26-19-10-5-15(14-20(19)27-12-4-2)13-18-22(25)28-21(24-18)16-6-8-17(23)9-7-16/h3-10,13-14H,1-2,11-12H2. The summed E-state index contributed by atoms with van der Waals surface area (Å²) in [4.78, 5) is 16.5. The number of cyclic esters (lactones) is 1. The summed E-state index contributed by atoms with van der Waals surface area (Å²) >= 11 is 5.89. The quantitative estimate of drug-likeness (QED) is 0.365. The predicted molar refractivity (Wildman–Crippen MR) is 110 cm³/mol. The summed E-state index contributed by atoms with van der Waals surface area (Å²) in [5.74, 6) is 0.820. The number of halogens is 1. The molecule has 0 saturated carbocycles. The van der Waals surface area contributed by atoms with Crippen molar-refractivity contribution < 1.29 is 19.0 Å². The third-order valence-electron chi connectivity index (χ3n) is 3.70. The second-order valence-corrected chi connectivity index (χ2v) is 6.18. The van der Waals surface area contributed by atoms with E-state index >= 15 is 0 Å². The molecule has 1 aliphatic rings. The van der Waals surface area contributed by atoms with Crippen LogP contribution in [-0.2, 0) is 9.53 Å². The third kappa shape index (κ3) is 4.69. The first-order chi connectivity index (χ1) is 13.6. The summed E-state index contributed by atoms with van der Waals surface area (Å²) in [6.45, 7) is 7.96. The Morgan fingerprint density at radius 2 is 1.68 bits per heavy atom. The van der Waals surface area contributed by atoms with E-state index in [1.807, 2.05) is 0 Å². The lowest BCUT2D eigenvalue weighted by Gasteiger charge is -2.11. The fourth-order valence-electron chi connectivity index (χ4n) is 2.43. The molecule has 0 N–H and O–H groups in total. The van der Waals surface area contributed by atoms with Crippen molar-refractivity contribution in [2.75, 3.05) is 13.2 Å². The highest BCUT2D eigenvalue weighted by Crippen LogP contribution is 2.30. The van der Waals surface area contributed by atoms with E-state index in [2.05, 4.69) is 18.2 Å². The van der Waals surface area contributed by atoms with Gasteiger partial charge in [-0.2, -0.15) is 0 Å². The molecule has 2 aromatic carbocycles. The molecule has 0 saturated heterocycles. The number of esters is 1. The van der Waals surface area contributed by atoms with Gasteiger partial charge in [0.15, 0.2) is 17.2 Å². The van der Waals surface area contributed by atoms with Crippen LogP contribution in [0.1, 0.15) is 11.1 Å². The average Bonchev–Trinajstić information content (AvgIpc) is 3.06. The summed E-state index contributed by atoms with van der Waals surface area (Å²) in [6.07, 6.45) is 4.91. The molecule has 0 aliphatic carbocycles. The van der Waals surface area contributed by atoms with E-state index < -0.39 is 5.97 Å². The van der Waals surface area contributed by atoms with Gasteiger partial charge < -0.3 is 14.2 Å². The van der Waals surface area contributed by atoms with Gasteiger partial charge in [-0.3, -0.25) is 0 Å². The molecule has 0 bridgehead atoms. The lowest BCUT2D eigenvalue weighted by molar-refractivity contribution is -0.129. The van der Waals surface area contributed by atoms with Gasteiger partial charge in [0, 0.05) is 10.6 Å². The Balaban J connectivity index is 1.88. The lowest BCUT2D eigenvalue weighted by atomic mass is 10.1. The van der Waals surface area contributed by atoms with E-state index in [-0.39, 0.29) is 11.6 Å². The zero-order valence-corrected chi connectivity index (χ0v) is 15.8. The Morgan fingerprint density at radius 1 is 1.00 bits per heavy atom. The second-order valence-electron chi connectivity index (χ2n) is 5.75. The predicted octanol–water partition coefficient (Wildman–Crippen LogP) is 4.81. The van der Waals surface area contributed by atoms with Gasteiger partial charge in [0.1, 0.15) is 13.2 Å². The van der Waals surface area contributed by atoms with E-state index in [0.29, 0.717) is 35.3 Å². The van der Waals surface area contributed by atoms with E-state index in [1.54, 1.807) is 60.7 Å². The van der Waals surface area contributed by atoms with Crippen LogP contribution in [-0.4, -0.2) is 25.1 Å². The van der Waals surface area contributed by atoms with Crippen LogP contribution in [0.2, 0.25) is 5.02 Å². The van der Waals surface area contributed by atoms with Crippen molar-refractivity contribution in [3.63, 3.8) is 0 Å². The molecular weight excluding hydrogens is 378 g/mol. The molecule has 5 nitrogen and oxygen atoms in total. The average molecular weight is 396 g/mol. The van der Waals surface area contributed by atoms with Crippen molar-refractivity contribution in [1.29, 1.82) is 0 Å². The van der Waals surface area contributed by atoms with Crippen LogP contribution in [0.5, 0.6) is 11.5 Å². The SMILES string of the molecule is C=CCOc1ccc(C=C2N=C(c3ccc(Cl)cc3)OC2=O)cc1OCC=C. The first-order valence-corrected chi connectivity index (χ1v) is 8.88. The third-order valence-corrected chi connectivity index (χ3v) is 3.95. The first kappa shape index (κ1) is 19.5. The van der Waals surface area contributed by atoms with E-state index in [1.165, 1.54) is 0 Å². The van der Waals surface area contributed by atoms with Gasteiger partial charge >= 0.3 is 5.97 Å². The summed E-state index contributed by atoms with van der Waals surface area (Å²) in [7, 11) is 0. The minimum Gasteiger partial charge on any atom is -0.486 e. The molecule has 28 heavy (non-hydrogen) atoms. The molecule has 0 radical (unpaired) electrons. The molecule has 2 aromatic rings. The maximum atomic E-state index is 12.2. The number of nitrogens with zero attached hydrogens (tertiary/aromatic N) is 1. The molecule has 1 heterocycles. The molecule has 142 valence electrons. The summed E-state index contributed by atoms with van der Waals surface area (Å²) in [6, 6.07) is 12.2. The van der Waals surface area contributed by atoms with Gasteiger partial charge in [0.05, 0.1) is 0 Å². The fraction of sp³-hybridized carbons (Fsp3) is 0.0909. The van der Waals surface area contributed by atoms with Gasteiger partial charge in [-0.15, -0.1) is 0 Å². The minimum atomic E-state index is -0.523. The number of rotatable bonds is 8. The van der Waals surface area contributed by atoms with Crippen LogP contribution < -0.4 is 9.47 Å². The van der Waals surface area contributed by atoms with Crippen LogP contribution >= 0.6 is 11.6 Å². The fourth-order valence-corrected chi connectivity index (χ4v) is 2.55. The number of hydrogen-bond donors (Lipinski definition) is 0. The van der Waals surface area contributed by atoms with Crippen molar-refractivity contribution in [2.24, 2.45) is 4.99 Å². The monoisotopic (exact) mass is 395 g/mol. The van der Waals surface area contributed by atoms with E-state index in [0.717, 1.165) is 5.56 Å². The molecule has 0 fully saturated rings. The highest BCUT2D eigenvalue weighted by Gasteiger charge is 2.24. The molecular formula is C22H18ClNO4. The summed E-state index contributed by atoms with van der Waals surface area (Å²) < 4.78 is 16.5. The number of ether oxygens (including phenoxy) is 3. The molecule has 0 unspecified atom stereocenters. The Morgan fingerprint density at radius 3 is 2.36 bits per heavy atom. The topological polar surface area (TPSA) is 57.1 Å². The largest absolute Gasteiger partial charge is 0.486 e. The van der Waals surface area contributed by atoms with Gasteiger partial charge in [-0.25, -0.2) is 9.79 Å². The normalized spacial score (nSPS) is 14.4. The molecule has 3 rings (SSSR count). The van der Waals surface area contributed by atoms with Crippen molar-refractivity contribution in [2.45, 2.75) is 0 Å². The first-order valence-electron chi connectivity index (χ1n) is 8.50. The van der Waals surface area contributed by atoms with Crippen molar-refractivity contribution in [3.05, 3.63) is 89.6 Å². The van der Waals surface area contributed by atoms with Gasteiger partial charge in [0.25, 0.3) is 0 Å². The van der Waals surface area contributed by atoms with Crippen molar-refractivity contribution in [3.8, 4) is 11.5 Å². The van der Waals surface area contributed by atoms with Gasteiger partial charge in [-0.05, 0) is 48.0 Å².